The normalized spacial score (nSPS) is 16.4. The first-order chi connectivity index (χ1) is 14.2. The molecule has 0 aromatic heterocycles. The van der Waals surface area contributed by atoms with E-state index in [1.165, 1.54) is 0 Å². The van der Waals surface area contributed by atoms with Crippen LogP contribution in [0.15, 0.2) is 0 Å². The Morgan fingerprint density at radius 2 is 1.19 bits per heavy atom. The number of nitrogens with one attached hydrogen (secondary N) is 1. The molecule has 18 heteroatoms. The summed E-state index contributed by atoms with van der Waals surface area (Å²) in [5.41, 5.74) is 0. The van der Waals surface area contributed by atoms with Gasteiger partial charge in [-0.05, 0) is 19.3 Å². The van der Waals surface area contributed by atoms with Crippen LogP contribution < -0.4 is 5.32 Å². The zero-order valence-corrected chi connectivity index (χ0v) is 21.1. The molecule has 0 heterocycles. The molecular weight excluding hydrogens is 514 g/mol. The van der Waals surface area contributed by atoms with Crippen molar-refractivity contribution < 1.29 is 62.4 Å². The number of carbonyl (C=O) groups excluding carboxylic acids is 1. The molecule has 0 aromatic rings. The maximum Gasteiger partial charge on any atom is 0.369 e. The number of amides is 1. The van der Waals surface area contributed by atoms with Crippen LogP contribution in [0.3, 0.4) is 0 Å². The van der Waals surface area contributed by atoms with Crippen molar-refractivity contribution in [1.29, 1.82) is 0 Å². The minimum Gasteiger partial charge on any atom is -0.368 e. The van der Waals surface area contributed by atoms with Gasteiger partial charge in [0.25, 0.3) is 5.08 Å². The van der Waals surface area contributed by atoms with Crippen LogP contribution in [-0.4, -0.2) is 69.0 Å². The molecule has 0 fully saturated rings. The first-order valence-electron chi connectivity index (χ1n) is 9.69. The van der Waals surface area contributed by atoms with Crippen LogP contribution in [0.25, 0.3) is 0 Å². The molecule has 32 heavy (non-hydrogen) atoms. The molecule has 0 saturated carbocycles. The second kappa shape index (κ2) is 12.7. The van der Waals surface area contributed by atoms with Gasteiger partial charge in [0.2, 0.25) is 13.3 Å². The van der Waals surface area contributed by atoms with Crippen LogP contribution in [0, 0.1) is 0 Å². The van der Waals surface area contributed by atoms with Gasteiger partial charge in [-0.2, -0.15) is 0 Å². The smallest absolute Gasteiger partial charge is 0.368 e. The largest absolute Gasteiger partial charge is 0.369 e. The van der Waals surface area contributed by atoms with Gasteiger partial charge < -0.3 is 44.7 Å². The first-order valence-corrected chi connectivity index (χ1v) is 16.8. The maximum absolute atomic E-state index is 11.8. The minimum atomic E-state index is -5.43. The highest BCUT2D eigenvalue weighted by molar-refractivity contribution is 7.73. The molecule has 2 unspecified atom stereocenters. The molecule has 0 spiro atoms. The summed E-state index contributed by atoms with van der Waals surface area (Å²) in [5.74, 6) is -0.753. The third-order valence-corrected chi connectivity index (χ3v) is 13.1. The fourth-order valence-electron chi connectivity index (χ4n) is 2.87. The number of aliphatic hydroxyl groups is 1. The standard InChI is InChI=1S/C14H33NO13P4/c1-29(18,19)13(30(20,21)22)11-12(16)15-10-8-6-4-2-3-5-7-9-14(17,31(23,24)25)32(26,27)28/h13,17H,2-11H2,1H3,(H,15,16)(H,18,19)(H2,20,21,22)(H2,23,24,25)(H2,26,27,28). The Balaban J connectivity index is 4.10. The zero-order chi connectivity index (χ0) is 25.4. The number of unbranched alkanes of at least 4 members (excludes halogenated alkanes) is 6. The Labute approximate surface area is 185 Å². The summed E-state index contributed by atoms with van der Waals surface area (Å²) in [4.78, 5) is 75.6. The summed E-state index contributed by atoms with van der Waals surface area (Å²) in [7, 11) is -20.0. The van der Waals surface area contributed by atoms with Crippen molar-refractivity contribution in [2.24, 2.45) is 0 Å². The third kappa shape index (κ3) is 11.0. The van der Waals surface area contributed by atoms with E-state index in [1.807, 2.05) is 0 Å². The van der Waals surface area contributed by atoms with Crippen molar-refractivity contribution in [3.63, 3.8) is 0 Å². The van der Waals surface area contributed by atoms with E-state index < -0.39 is 59.4 Å². The molecule has 0 aliphatic rings. The molecule has 9 N–H and O–H groups in total. The Morgan fingerprint density at radius 1 is 0.781 bits per heavy atom. The molecule has 0 aromatic carbocycles. The van der Waals surface area contributed by atoms with Crippen molar-refractivity contribution in [3.05, 3.63) is 0 Å². The fourth-order valence-corrected chi connectivity index (χ4v) is 8.26. The lowest BCUT2D eigenvalue weighted by atomic mass is 10.1. The topological polar surface area (TPSA) is 259 Å². The van der Waals surface area contributed by atoms with Crippen molar-refractivity contribution in [2.75, 3.05) is 13.2 Å². The van der Waals surface area contributed by atoms with Crippen LogP contribution in [0.5, 0.6) is 0 Å². The lowest BCUT2D eigenvalue weighted by Crippen LogP contribution is -2.28. The lowest BCUT2D eigenvalue weighted by Gasteiger charge is -2.29. The molecule has 2 atom stereocenters. The highest BCUT2D eigenvalue weighted by Crippen LogP contribution is 2.69. The van der Waals surface area contributed by atoms with Gasteiger partial charge in [0.05, 0.1) is 0 Å². The van der Waals surface area contributed by atoms with Gasteiger partial charge in [0.1, 0.15) is 5.40 Å². The van der Waals surface area contributed by atoms with Gasteiger partial charge in [0.15, 0.2) is 0 Å². The Kier molecular flexibility index (Phi) is 12.7. The molecular formula is C14H33NO13P4. The predicted octanol–water partition coefficient (Wildman–Crippen LogP) is 1.02. The van der Waals surface area contributed by atoms with E-state index in [1.54, 1.807) is 0 Å². The highest BCUT2D eigenvalue weighted by Gasteiger charge is 2.58. The van der Waals surface area contributed by atoms with Crippen molar-refractivity contribution >= 4 is 36.1 Å². The van der Waals surface area contributed by atoms with Crippen molar-refractivity contribution in [2.45, 2.75) is 68.3 Å². The highest BCUT2D eigenvalue weighted by atomic mass is 31.2. The van der Waals surface area contributed by atoms with Crippen LogP contribution >= 0.6 is 30.2 Å². The van der Waals surface area contributed by atoms with E-state index in [4.69, 9.17) is 29.4 Å². The Bertz CT molecular complexity index is 750. The van der Waals surface area contributed by atoms with E-state index in [2.05, 4.69) is 5.32 Å². The monoisotopic (exact) mass is 547 g/mol. The molecule has 0 bridgehead atoms. The molecule has 0 saturated heterocycles. The quantitative estimate of drug-likeness (QED) is 0.0967. The van der Waals surface area contributed by atoms with Crippen LogP contribution in [0.2, 0.25) is 0 Å². The van der Waals surface area contributed by atoms with Gasteiger partial charge >= 0.3 is 22.8 Å². The second-order valence-corrected chi connectivity index (χ2v) is 16.4. The van der Waals surface area contributed by atoms with Crippen molar-refractivity contribution in [1.82, 2.24) is 5.32 Å². The molecule has 0 aliphatic carbocycles. The summed E-state index contributed by atoms with van der Waals surface area (Å²) in [5, 5.41) is 6.82. The molecule has 192 valence electrons. The van der Waals surface area contributed by atoms with E-state index in [0.29, 0.717) is 38.5 Å². The molecule has 0 rings (SSSR count). The van der Waals surface area contributed by atoms with Crippen LogP contribution in [-0.2, 0) is 23.1 Å². The van der Waals surface area contributed by atoms with E-state index in [0.717, 1.165) is 6.66 Å². The van der Waals surface area contributed by atoms with E-state index >= 15 is 0 Å². The molecule has 0 aliphatic heterocycles. The Morgan fingerprint density at radius 3 is 1.56 bits per heavy atom. The molecule has 14 nitrogen and oxygen atoms in total. The van der Waals surface area contributed by atoms with E-state index in [-0.39, 0.29) is 13.0 Å². The minimum absolute atomic E-state index is 0.00431. The second-order valence-electron chi connectivity index (χ2n) is 7.65. The molecule has 0 radical (unpaired) electrons. The molecule has 1 amide bonds. The van der Waals surface area contributed by atoms with Gasteiger partial charge in [-0.3, -0.25) is 23.1 Å². The van der Waals surface area contributed by atoms with Gasteiger partial charge in [-0.15, -0.1) is 0 Å². The average Bonchev–Trinajstić information content (AvgIpc) is 2.57. The summed E-state index contributed by atoms with van der Waals surface area (Å²) < 4.78 is 45.3. The summed E-state index contributed by atoms with van der Waals surface area (Å²) in [6.45, 7) is 0.979. The van der Waals surface area contributed by atoms with Crippen LogP contribution in [0.4, 0.5) is 0 Å². The van der Waals surface area contributed by atoms with Gasteiger partial charge in [0, 0.05) is 19.6 Å². The zero-order valence-electron chi connectivity index (χ0n) is 17.6. The Hall–Kier alpha value is 0.0700. The summed E-state index contributed by atoms with van der Waals surface area (Å²) in [6, 6.07) is 0. The van der Waals surface area contributed by atoms with Gasteiger partial charge in [-0.25, -0.2) is 0 Å². The number of hydrogen-bond donors (Lipinski definition) is 9. The number of carbonyl (C=O) groups is 1. The summed E-state index contributed by atoms with van der Waals surface area (Å²) >= 11 is 0. The number of hydrogen-bond acceptors (Lipinski definition) is 6. The number of rotatable bonds is 16. The first kappa shape index (κ1) is 32.1. The third-order valence-electron chi connectivity index (χ3n) is 4.75. The van der Waals surface area contributed by atoms with Gasteiger partial charge in [-0.1, -0.05) is 32.1 Å². The van der Waals surface area contributed by atoms with Crippen molar-refractivity contribution in [3.8, 4) is 0 Å². The lowest BCUT2D eigenvalue weighted by molar-refractivity contribution is -0.121. The average molecular weight is 547 g/mol. The maximum atomic E-state index is 11.8. The summed E-state index contributed by atoms with van der Waals surface area (Å²) in [6.07, 6.45) is 2.03. The fraction of sp³-hybridized carbons (Fsp3) is 0.929. The SMILES string of the molecule is CP(=O)(O)C(CC(=O)NCCCCCCCCCC(O)(P(=O)(O)O)P(=O)(O)O)P(=O)(O)O. The predicted molar refractivity (Wildman–Crippen MR) is 115 cm³/mol. The van der Waals surface area contributed by atoms with E-state index in [9.17, 15) is 33.1 Å². The van der Waals surface area contributed by atoms with Crippen LogP contribution in [0.1, 0.15) is 57.8 Å².